The van der Waals surface area contributed by atoms with Crippen molar-refractivity contribution >= 4 is 23.5 Å². The molecule has 1 unspecified atom stereocenters. The second kappa shape index (κ2) is 9.57. The van der Waals surface area contributed by atoms with Crippen LogP contribution in [0.2, 0.25) is 0 Å². The molecule has 2 heterocycles. The molecule has 2 aliphatic heterocycles. The Morgan fingerprint density at radius 1 is 1.14 bits per heavy atom. The molecular formula is C21H31N5O2. The summed E-state index contributed by atoms with van der Waals surface area (Å²) in [6, 6.07) is 8.72. The number of guanidine groups is 1. The summed E-state index contributed by atoms with van der Waals surface area (Å²) in [5.74, 6) is 0.511. The lowest BCUT2D eigenvalue weighted by molar-refractivity contribution is -0.147. The van der Waals surface area contributed by atoms with Crippen molar-refractivity contribution in [2.75, 3.05) is 38.1 Å². The lowest BCUT2D eigenvalue weighted by Crippen LogP contribution is -2.46. The zero-order chi connectivity index (χ0) is 19.9. The third-order valence-electron chi connectivity index (χ3n) is 5.43. The predicted octanol–water partition coefficient (Wildman–Crippen LogP) is 2.05. The minimum absolute atomic E-state index is 0.0758. The quantitative estimate of drug-likeness (QED) is 0.445. The number of carbonyl (C=O) groups is 2. The fourth-order valence-electron chi connectivity index (χ4n) is 3.78. The zero-order valence-electron chi connectivity index (χ0n) is 16.9. The molecule has 1 atom stereocenters. The molecule has 152 valence electrons. The number of carbonyl (C=O) groups excluding carboxylic acids is 2. The number of benzene rings is 1. The molecule has 0 aliphatic carbocycles. The normalized spacial score (nSPS) is 19.1. The largest absolute Gasteiger partial charge is 0.372 e. The number of amides is 2. The summed E-state index contributed by atoms with van der Waals surface area (Å²) in [6.07, 6.45) is 4.11. The Hall–Kier alpha value is -2.57. The molecule has 0 spiro atoms. The molecule has 7 nitrogen and oxygen atoms in total. The SMILES string of the molecule is CN=C(NCCN1C(=O)CCCC1=O)NC(C)c1cccc(N2CCCC2)c1. The number of rotatable bonds is 6. The van der Waals surface area contributed by atoms with Crippen LogP contribution in [0.3, 0.4) is 0 Å². The van der Waals surface area contributed by atoms with Crippen LogP contribution in [0.5, 0.6) is 0 Å². The molecule has 1 aromatic rings. The fraction of sp³-hybridized carbons (Fsp3) is 0.571. The molecule has 2 fully saturated rings. The van der Waals surface area contributed by atoms with Crippen LogP contribution in [0.25, 0.3) is 0 Å². The van der Waals surface area contributed by atoms with Crippen molar-refractivity contribution in [3.63, 3.8) is 0 Å². The number of hydrogen-bond donors (Lipinski definition) is 2. The van der Waals surface area contributed by atoms with E-state index in [9.17, 15) is 9.59 Å². The Labute approximate surface area is 167 Å². The maximum atomic E-state index is 11.9. The van der Waals surface area contributed by atoms with Gasteiger partial charge in [-0.3, -0.25) is 19.5 Å². The maximum Gasteiger partial charge on any atom is 0.229 e. The molecule has 0 radical (unpaired) electrons. The molecule has 7 heteroatoms. The summed E-state index contributed by atoms with van der Waals surface area (Å²) in [6.45, 7) is 5.22. The highest BCUT2D eigenvalue weighted by Gasteiger charge is 2.25. The summed E-state index contributed by atoms with van der Waals surface area (Å²) < 4.78 is 0. The van der Waals surface area contributed by atoms with Gasteiger partial charge in [0, 0.05) is 51.8 Å². The van der Waals surface area contributed by atoms with E-state index in [0.717, 1.165) is 13.1 Å². The van der Waals surface area contributed by atoms with Crippen molar-refractivity contribution in [2.24, 2.45) is 4.99 Å². The molecule has 28 heavy (non-hydrogen) atoms. The monoisotopic (exact) mass is 385 g/mol. The van der Waals surface area contributed by atoms with Gasteiger partial charge in [0.1, 0.15) is 0 Å². The average molecular weight is 386 g/mol. The van der Waals surface area contributed by atoms with Gasteiger partial charge >= 0.3 is 0 Å². The number of likely N-dealkylation sites (tertiary alicyclic amines) is 1. The van der Waals surface area contributed by atoms with Crippen LogP contribution in [0.15, 0.2) is 29.3 Å². The Balaban J connectivity index is 1.52. The third-order valence-corrected chi connectivity index (χ3v) is 5.43. The van der Waals surface area contributed by atoms with Crippen molar-refractivity contribution in [3.8, 4) is 0 Å². The van der Waals surface area contributed by atoms with Gasteiger partial charge in [-0.1, -0.05) is 12.1 Å². The van der Waals surface area contributed by atoms with E-state index >= 15 is 0 Å². The summed E-state index contributed by atoms with van der Waals surface area (Å²) >= 11 is 0. The highest BCUT2D eigenvalue weighted by Crippen LogP contribution is 2.23. The van der Waals surface area contributed by atoms with Crippen molar-refractivity contribution in [1.29, 1.82) is 0 Å². The van der Waals surface area contributed by atoms with Gasteiger partial charge in [0.25, 0.3) is 0 Å². The van der Waals surface area contributed by atoms with E-state index in [1.165, 1.54) is 29.0 Å². The van der Waals surface area contributed by atoms with Gasteiger partial charge in [-0.15, -0.1) is 0 Å². The van der Waals surface area contributed by atoms with E-state index in [1.54, 1.807) is 7.05 Å². The lowest BCUT2D eigenvalue weighted by Gasteiger charge is -2.26. The molecule has 0 bridgehead atoms. The molecule has 3 rings (SSSR count). The van der Waals surface area contributed by atoms with Crippen molar-refractivity contribution < 1.29 is 9.59 Å². The smallest absolute Gasteiger partial charge is 0.229 e. The van der Waals surface area contributed by atoms with Crippen LogP contribution >= 0.6 is 0 Å². The topological polar surface area (TPSA) is 77.0 Å². The molecule has 2 saturated heterocycles. The average Bonchev–Trinajstić information content (AvgIpc) is 3.24. The first-order valence-electron chi connectivity index (χ1n) is 10.2. The molecule has 2 amide bonds. The second-order valence-corrected chi connectivity index (χ2v) is 7.45. The predicted molar refractivity (Wildman–Crippen MR) is 111 cm³/mol. The third kappa shape index (κ3) is 5.03. The molecule has 1 aromatic carbocycles. The number of imide groups is 1. The van der Waals surface area contributed by atoms with Crippen molar-refractivity contribution in [1.82, 2.24) is 15.5 Å². The minimum Gasteiger partial charge on any atom is -0.372 e. The number of piperidine rings is 1. The number of aliphatic imine (C=N–C) groups is 1. The van der Waals surface area contributed by atoms with Crippen molar-refractivity contribution in [3.05, 3.63) is 29.8 Å². The minimum atomic E-state index is -0.0758. The zero-order valence-corrected chi connectivity index (χ0v) is 16.9. The first-order valence-corrected chi connectivity index (χ1v) is 10.2. The van der Waals surface area contributed by atoms with Gasteiger partial charge in [0.15, 0.2) is 5.96 Å². The molecule has 2 N–H and O–H groups in total. The summed E-state index contributed by atoms with van der Waals surface area (Å²) in [5, 5.41) is 6.60. The van der Waals surface area contributed by atoms with Gasteiger partial charge in [0.05, 0.1) is 6.04 Å². The standard InChI is InChI=1S/C21H31N5O2/c1-16(17-7-5-8-18(15-17)25-12-3-4-13-25)24-21(22-2)23-11-14-26-19(27)9-6-10-20(26)28/h5,7-8,15-16H,3-4,6,9-14H2,1-2H3,(H2,22,23,24). The molecule has 0 aromatic heterocycles. The van der Waals surface area contributed by atoms with E-state index < -0.39 is 0 Å². The Morgan fingerprint density at radius 2 is 1.86 bits per heavy atom. The fourth-order valence-corrected chi connectivity index (χ4v) is 3.78. The highest BCUT2D eigenvalue weighted by atomic mass is 16.2. The molecule has 2 aliphatic rings. The summed E-state index contributed by atoms with van der Waals surface area (Å²) in [4.78, 5) is 31.8. The summed E-state index contributed by atoms with van der Waals surface area (Å²) in [5.41, 5.74) is 2.47. The van der Waals surface area contributed by atoms with E-state index in [-0.39, 0.29) is 17.9 Å². The van der Waals surface area contributed by atoms with Gasteiger partial charge in [0.2, 0.25) is 11.8 Å². The first kappa shape index (κ1) is 20.2. The van der Waals surface area contributed by atoms with E-state index in [4.69, 9.17) is 0 Å². The van der Waals surface area contributed by atoms with Crippen LogP contribution in [-0.4, -0.2) is 55.9 Å². The number of anilines is 1. The van der Waals surface area contributed by atoms with E-state index in [1.807, 2.05) is 0 Å². The number of nitrogens with zero attached hydrogens (tertiary/aromatic N) is 3. The molecule has 0 saturated carbocycles. The van der Waals surface area contributed by atoms with Gasteiger partial charge in [-0.2, -0.15) is 0 Å². The van der Waals surface area contributed by atoms with Crippen LogP contribution in [0.4, 0.5) is 5.69 Å². The first-order chi connectivity index (χ1) is 13.6. The van der Waals surface area contributed by atoms with Crippen LogP contribution < -0.4 is 15.5 Å². The Kier molecular flexibility index (Phi) is 6.90. The van der Waals surface area contributed by atoms with Crippen LogP contribution in [-0.2, 0) is 9.59 Å². The Bertz CT molecular complexity index is 711. The van der Waals surface area contributed by atoms with Gasteiger partial charge in [-0.05, 0) is 43.9 Å². The number of hydrogen-bond acceptors (Lipinski definition) is 4. The van der Waals surface area contributed by atoms with Crippen LogP contribution in [0, 0.1) is 0 Å². The maximum absolute atomic E-state index is 11.9. The Morgan fingerprint density at radius 3 is 2.54 bits per heavy atom. The molecular weight excluding hydrogens is 354 g/mol. The van der Waals surface area contributed by atoms with Gasteiger partial charge in [-0.25, -0.2) is 0 Å². The van der Waals surface area contributed by atoms with Crippen molar-refractivity contribution in [2.45, 2.75) is 45.1 Å². The lowest BCUT2D eigenvalue weighted by atomic mass is 10.1. The second-order valence-electron chi connectivity index (χ2n) is 7.45. The van der Waals surface area contributed by atoms with Crippen LogP contribution in [0.1, 0.15) is 50.6 Å². The van der Waals surface area contributed by atoms with E-state index in [0.29, 0.717) is 38.3 Å². The number of nitrogens with one attached hydrogen (secondary N) is 2. The van der Waals surface area contributed by atoms with Gasteiger partial charge < -0.3 is 15.5 Å². The van der Waals surface area contributed by atoms with E-state index in [2.05, 4.69) is 51.7 Å². The highest BCUT2D eigenvalue weighted by molar-refractivity contribution is 5.97. The summed E-state index contributed by atoms with van der Waals surface area (Å²) in [7, 11) is 1.72.